The Hall–Kier alpha value is -0.220. The van der Waals surface area contributed by atoms with E-state index in [4.69, 9.17) is 0 Å². The van der Waals surface area contributed by atoms with E-state index in [-0.39, 0.29) is 17.5 Å². The highest BCUT2D eigenvalue weighted by Crippen LogP contribution is 2.30. The van der Waals surface area contributed by atoms with Crippen molar-refractivity contribution in [3.8, 4) is 0 Å². The molecule has 0 saturated carbocycles. The van der Waals surface area contributed by atoms with Crippen LogP contribution in [-0.2, 0) is 9.59 Å². The molecule has 0 bridgehead atoms. The van der Waals surface area contributed by atoms with Crippen LogP contribution in [0.25, 0.3) is 0 Å². The first-order valence-corrected chi connectivity index (χ1v) is 5.39. The number of rotatable bonds is 1. The van der Waals surface area contributed by atoms with Crippen LogP contribution in [0.1, 0.15) is 13.8 Å². The Kier molecular flexibility index (Phi) is 3.24. The highest BCUT2D eigenvalue weighted by Gasteiger charge is 2.27. The average molecular weight is 308 g/mol. The molecule has 0 radical (unpaired) electrons. The molecular formula is C9H8Br2O2. The van der Waals surface area contributed by atoms with E-state index in [2.05, 4.69) is 31.9 Å². The summed E-state index contributed by atoms with van der Waals surface area (Å²) in [6, 6.07) is 0. The molecule has 4 heteroatoms. The Morgan fingerprint density at radius 3 is 2.23 bits per heavy atom. The molecule has 2 nitrogen and oxygen atoms in total. The summed E-state index contributed by atoms with van der Waals surface area (Å²) in [5, 5.41) is 0. The average Bonchev–Trinajstić information content (AvgIpc) is 2.01. The number of halogens is 2. The molecule has 13 heavy (non-hydrogen) atoms. The fourth-order valence-electron chi connectivity index (χ4n) is 1.12. The van der Waals surface area contributed by atoms with Gasteiger partial charge in [0.2, 0.25) is 0 Å². The van der Waals surface area contributed by atoms with E-state index < -0.39 is 0 Å². The number of hydrogen-bond acceptors (Lipinski definition) is 2. The first-order chi connectivity index (χ1) is 5.95. The van der Waals surface area contributed by atoms with E-state index in [1.807, 2.05) is 13.8 Å². The molecule has 1 aliphatic carbocycles. The molecule has 0 heterocycles. The van der Waals surface area contributed by atoms with Crippen molar-refractivity contribution < 1.29 is 9.59 Å². The second-order valence-electron chi connectivity index (χ2n) is 3.07. The number of Topliss-reactive ketones (excluding diaryl/α,β-unsaturated/α-hetero) is 1. The highest BCUT2D eigenvalue weighted by atomic mass is 79.9. The van der Waals surface area contributed by atoms with Crippen molar-refractivity contribution in [1.82, 2.24) is 0 Å². The molecule has 1 rings (SSSR count). The maximum absolute atomic E-state index is 11.6. The van der Waals surface area contributed by atoms with Crippen molar-refractivity contribution in [2.24, 2.45) is 5.92 Å². The zero-order valence-corrected chi connectivity index (χ0v) is 10.4. The zero-order valence-electron chi connectivity index (χ0n) is 7.23. The van der Waals surface area contributed by atoms with E-state index in [1.165, 1.54) is 6.08 Å². The van der Waals surface area contributed by atoms with Crippen molar-refractivity contribution in [2.45, 2.75) is 13.8 Å². The minimum Gasteiger partial charge on any atom is -0.289 e. The molecule has 1 aliphatic rings. The molecule has 0 atom stereocenters. The number of carbonyl (C=O) groups excluding carboxylic acids is 2. The summed E-state index contributed by atoms with van der Waals surface area (Å²) in [5.74, 6) is -0.219. The molecule has 0 N–H and O–H groups in total. The van der Waals surface area contributed by atoms with Gasteiger partial charge in [-0.1, -0.05) is 13.8 Å². The minimum absolute atomic E-state index is 0.0482. The second kappa shape index (κ2) is 3.88. The van der Waals surface area contributed by atoms with Gasteiger partial charge in [-0.05, 0) is 37.8 Å². The van der Waals surface area contributed by atoms with Crippen LogP contribution >= 0.6 is 31.9 Å². The Labute approximate surface area is 93.3 Å². The van der Waals surface area contributed by atoms with E-state index in [0.29, 0.717) is 14.5 Å². The highest BCUT2D eigenvalue weighted by molar-refractivity contribution is 9.12. The summed E-state index contributed by atoms with van der Waals surface area (Å²) in [5.41, 5.74) is 0.541. The number of ketones is 2. The lowest BCUT2D eigenvalue weighted by molar-refractivity contribution is -0.115. The van der Waals surface area contributed by atoms with Gasteiger partial charge in [0, 0.05) is 11.6 Å². The van der Waals surface area contributed by atoms with E-state index in [9.17, 15) is 9.59 Å². The van der Waals surface area contributed by atoms with Gasteiger partial charge in [0.1, 0.15) is 0 Å². The van der Waals surface area contributed by atoms with Gasteiger partial charge in [0.05, 0.1) is 8.96 Å². The first kappa shape index (κ1) is 10.9. The SMILES string of the molecule is CC(C)C1=C(Br)C(=O)C=C(Br)C1=O. The molecule has 0 spiro atoms. The van der Waals surface area contributed by atoms with Crippen molar-refractivity contribution in [2.75, 3.05) is 0 Å². The third-order valence-electron chi connectivity index (χ3n) is 1.75. The van der Waals surface area contributed by atoms with Crippen molar-refractivity contribution in [3.05, 3.63) is 20.6 Å². The van der Waals surface area contributed by atoms with Crippen LogP contribution in [0.4, 0.5) is 0 Å². The van der Waals surface area contributed by atoms with Crippen LogP contribution in [-0.4, -0.2) is 11.6 Å². The predicted octanol–water partition coefficient (Wildman–Crippen LogP) is 2.72. The lowest BCUT2D eigenvalue weighted by atomic mass is 9.94. The summed E-state index contributed by atoms with van der Waals surface area (Å²) in [6.45, 7) is 3.76. The Balaban J connectivity index is 3.23. The van der Waals surface area contributed by atoms with Gasteiger partial charge < -0.3 is 0 Å². The number of allylic oxidation sites excluding steroid dienone is 4. The van der Waals surface area contributed by atoms with Gasteiger partial charge in [-0.3, -0.25) is 9.59 Å². The van der Waals surface area contributed by atoms with Crippen molar-refractivity contribution in [1.29, 1.82) is 0 Å². The largest absolute Gasteiger partial charge is 0.289 e. The predicted molar refractivity (Wildman–Crippen MR) is 57.8 cm³/mol. The molecular weight excluding hydrogens is 300 g/mol. The maximum Gasteiger partial charge on any atom is 0.197 e. The van der Waals surface area contributed by atoms with Crippen LogP contribution in [0.5, 0.6) is 0 Å². The summed E-state index contributed by atoms with van der Waals surface area (Å²) in [6.07, 6.45) is 1.29. The number of carbonyl (C=O) groups is 2. The molecule has 0 fully saturated rings. The molecule has 0 saturated heterocycles. The fraction of sp³-hybridized carbons (Fsp3) is 0.333. The molecule has 70 valence electrons. The molecule has 0 aromatic carbocycles. The van der Waals surface area contributed by atoms with Crippen molar-refractivity contribution >= 4 is 43.4 Å². The van der Waals surface area contributed by atoms with Crippen LogP contribution in [0.2, 0.25) is 0 Å². The van der Waals surface area contributed by atoms with Crippen LogP contribution in [0, 0.1) is 5.92 Å². The summed E-state index contributed by atoms with van der Waals surface area (Å²) in [7, 11) is 0. The quantitative estimate of drug-likeness (QED) is 0.698. The van der Waals surface area contributed by atoms with Gasteiger partial charge in [0.25, 0.3) is 0 Å². The van der Waals surface area contributed by atoms with Crippen molar-refractivity contribution in [3.63, 3.8) is 0 Å². The van der Waals surface area contributed by atoms with Gasteiger partial charge in [-0.2, -0.15) is 0 Å². The third-order valence-corrected chi connectivity index (χ3v) is 3.16. The molecule has 0 aromatic heterocycles. The zero-order chi connectivity index (χ0) is 10.2. The standard InChI is InChI=1S/C9H8Br2O2/c1-4(2)7-8(11)6(12)3-5(10)9(7)13/h3-4H,1-2H3. The van der Waals surface area contributed by atoms with E-state index in [0.717, 1.165) is 0 Å². The third kappa shape index (κ3) is 1.99. The molecule has 0 unspecified atom stereocenters. The van der Waals surface area contributed by atoms with E-state index >= 15 is 0 Å². The van der Waals surface area contributed by atoms with Gasteiger partial charge in [-0.15, -0.1) is 0 Å². The molecule has 0 aromatic rings. The Morgan fingerprint density at radius 1 is 1.23 bits per heavy atom. The normalized spacial score (nSPS) is 18.4. The smallest absolute Gasteiger partial charge is 0.197 e. The minimum atomic E-state index is -0.157. The number of hydrogen-bond donors (Lipinski definition) is 0. The van der Waals surface area contributed by atoms with Crippen LogP contribution in [0.3, 0.4) is 0 Å². The Bertz CT molecular complexity index is 338. The molecule has 0 amide bonds. The summed E-state index contributed by atoms with van der Waals surface area (Å²) >= 11 is 6.20. The molecule has 0 aliphatic heterocycles. The van der Waals surface area contributed by atoms with Gasteiger partial charge >= 0.3 is 0 Å². The van der Waals surface area contributed by atoms with E-state index in [1.54, 1.807) is 0 Å². The summed E-state index contributed by atoms with van der Waals surface area (Å²) in [4.78, 5) is 22.9. The lowest BCUT2D eigenvalue weighted by Gasteiger charge is -2.15. The van der Waals surface area contributed by atoms with Crippen LogP contribution < -0.4 is 0 Å². The maximum atomic E-state index is 11.6. The second-order valence-corrected chi connectivity index (χ2v) is 4.72. The monoisotopic (exact) mass is 306 g/mol. The van der Waals surface area contributed by atoms with Crippen LogP contribution in [0.15, 0.2) is 20.6 Å². The van der Waals surface area contributed by atoms with Gasteiger partial charge in [0.15, 0.2) is 11.6 Å². The van der Waals surface area contributed by atoms with Gasteiger partial charge in [-0.25, -0.2) is 0 Å². The summed E-state index contributed by atoms with van der Waals surface area (Å²) < 4.78 is 0.722. The first-order valence-electron chi connectivity index (χ1n) is 3.81. The Morgan fingerprint density at radius 2 is 1.77 bits per heavy atom. The lowest BCUT2D eigenvalue weighted by Crippen LogP contribution is -2.17. The topological polar surface area (TPSA) is 34.1 Å². The fourth-order valence-corrected chi connectivity index (χ4v) is 2.29.